The molecule has 0 aliphatic rings. The second-order valence-corrected chi connectivity index (χ2v) is 4.44. The minimum absolute atomic E-state index is 0.0786. The van der Waals surface area contributed by atoms with Gasteiger partial charge in [-0.3, -0.25) is 4.79 Å². The maximum atomic E-state index is 11.4. The highest BCUT2D eigenvalue weighted by Gasteiger charge is 2.25. The summed E-state index contributed by atoms with van der Waals surface area (Å²) in [5.41, 5.74) is -0.332. The fourth-order valence-corrected chi connectivity index (χ4v) is 1.12. The molecule has 4 nitrogen and oxygen atoms in total. The predicted molar refractivity (Wildman–Crippen MR) is 59.3 cm³/mol. The lowest BCUT2D eigenvalue weighted by Crippen LogP contribution is -2.43. The lowest BCUT2D eigenvalue weighted by atomic mass is 9.92. The van der Waals surface area contributed by atoms with Crippen LogP contribution in [-0.4, -0.2) is 51.6 Å². The minimum Gasteiger partial charge on any atom is -0.359 e. The molecule has 0 aliphatic carbocycles. The summed E-state index contributed by atoms with van der Waals surface area (Å²) < 4.78 is 0. The molecule has 0 rings (SSSR count). The molecule has 0 heterocycles. The molecule has 0 aromatic rings. The molecule has 0 radical (unpaired) electrons. The molecule has 84 valence electrons. The van der Waals surface area contributed by atoms with Gasteiger partial charge in [-0.15, -0.1) is 0 Å². The highest BCUT2D eigenvalue weighted by molar-refractivity contribution is 5.81. The van der Waals surface area contributed by atoms with Crippen LogP contribution in [0.15, 0.2) is 0 Å². The zero-order chi connectivity index (χ0) is 11.2. The first-order valence-corrected chi connectivity index (χ1v) is 4.98. The number of rotatable bonds is 6. The summed E-state index contributed by atoms with van der Waals surface area (Å²) in [4.78, 5) is 13.5. The molecule has 0 aliphatic heterocycles. The van der Waals surface area contributed by atoms with Gasteiger partial charge in [0, 0.05) is 26.7 Å². The number of nitrogens with zero attached hydrogens (tertiary/aromatic N) is 1. The van der Waals surface area contributed by atoms with E-state index in [2.05, 4.69) is 15.5 Å². The second kappa shape index (κ2) is 5.98. The Morgan fingerprint density at radius 1 is 1.36 bits per heavy atom. The van der Waals surface area contributed by atoms with Gasteiger partial charge in [0.2, 0.25) is 5.91 Å². The highest BCUT2D eigenvalue weighted by Crippen LogP contribution is 2.12. The van der Waals surface area contributed by atoms with E-state index in [9.17, 15) is 4.79 Å². The molecule has 0 saturated heterocycles. The van der Waals surface area contributed by atoms with E-state index < -0.39 is 0 Å². The first-order chi connectivity index (χ1) is 6.40. The van der Waals surface area contributed by atoms with Crippen LogP contribution in [-0.2, 0) is 4.79 Å². The van der Waals surface area contributed by atoms with E-state index in [1.807, 2.05) is 27.9 Å². The van der Waals surface area contributed by atoms with Crippen LogP contribution in [0.5, 0.6) is 0 Å². The van der Waals surface area contributed by atoms with Crippen molar-refractivity contribution in [2.75, 3.05) is 40.8 Å². The molecule has 0 unspecified atom stereocenters. The molecule has 14 heavy (non-hydrogen) atoms. The average molecular weight is 201 g/mol. The molecule has 2 N–H and O–H groups in total. The van der Waals surface area contributed by atoms with Crippen molar-refractivity contribution in [2.45, 2.75) is 13.8 Å². The number of likely N-dealkylation sites (N-methyl/N-ethyl adjacent to an activating group) is 1. The molecule has 0 fully saturated rings. The van der Waals surface area contributed by atoms with Gasteiger partial charge in [0.05, 0.1) is 5.41 Å². The zero-order valence-electron chi connectivity index (χ0n) is 9.98. The van der Waals surface area contributed by atoms with Crippen LogP contribution < -0.4 is 10.6 Å². The Morgan fingerprint density at radius 3 is 2.36 bits per heavy atom. The van der Waals surface area contributed by atoms with Crippen molar-refractivity contribution in [3.05, 3.63) is 0 Å². The maximum Gasteiger partial charge on any atom is 0.226 e. The first kappa shape index (κ1) is 13.4. The third-order valence-corrected chi connectivity index (χ3v) is 2.14. The van der Waals surface area contributed by atoms with Gasteiger partial charge >= 0.3 is 0 Å². The summed E-state index contributed by atoms with van der Waals surface area (Å²) in [6, 6.07) is 0. The molecule has 0 bridgehead atoms. The Bertz CT molecular complexity index is 178. The van der Waals surface area contributed by atoms with Gasteiger partial charge in [-0.05, 0) is 27.9 Å². The number of carbonyl (C=O) groups excluding carboxylic acids is 1. The van der Waals surface area contributed by atoms with Crippen molar-refractivity contribution >= 4 is 5.91 Å². The average Bonchev–Trinajstić information content (AvgIpc) is 2.10. The number of carbonyl (C=O) groups is 1. The van der Waals surface area contributed by atoms with Crippen molar-refractivity contribution in [1.82, 2.24) is 15.5 Å². The second-order valence-electron chi connectivity index (χ2n) is 4.44. The van der Waals surface area contributed by atoms with E-state index in [1.165, 1.54) is 0 Å². The fourth-order valence-electron chi connectivity index (χ4n) is 1.12. The normalized spacial score (nSPS) is 11.9. The van der Waals surface area contributed by atoms with Gasteiger partial charge in [0.25, 0.3) is 0 Å². The minimum atomic E-state index is -0.332. The molecule has 4 heteroatoms. The summed E-state index contributed by atoms with van der Waals surface area (Å²) >= 11 is 0. The number of hydrogen-bond donors (Lipinski definition) is 2. The summed E-state index contributed by atoms with van der Waals surface area (Å²) in [5, 5.41) is 5.94. The van der Waals surface area contributed by atoms with Crippen molar-refractivity contribution in [3.8, 4) is 0 Å². The number of nitrogens with one attached hydrogen (secondary N) is 2. The number of amides is 1. The van der Waals surface area contributed by atoms with E-state index in [0.717, 1.165) is 13.1 Å². The summed E-state index contributed by atoms with van der Waals surface area (Å²) in [5.74, 6) is 0.0786. The topological polar surface area (TPSA) is 44.4 Å². The van der Waals surface area contributed by atoms with Crippen LogP contribution in [0.25, 0.3) is 0 Å². The quantitative estimate of drug-likeness (QED) is 0.590. The van der Waals surface area contributed by atoms with Crippen molar-refractivity contribution < 1.29 is 4.79 Å². The van der Waals surface area contributed by atoms with Gasteiger partial charge < -0.3 is 15.5 Å². The van der Waals surface area contributed by atoms with Crippen molar-refractivity contribution in [3.63, 3.8) is 0 Å². The lowest BCUT2D eigenvalue weighted by Gasteiger charge is -2.23. The van der Waals surface area contributed by atoms with Gasteiger partial charge in [0.15, 0.2) is 0 Å². The van der Waals surface area contributed by atoms with Crippen LogP contribution in [0.1, 0.15) is 13.8 Å². The third-order valence-electron chi connectivity index (χ3n) is 2.14. The molecule has 0 saturated carbocycles. The Balaban J connectivity index is 3.71. The van der Waals surface area contributed by atoms with Crippen LogP contribution in [0.3, 0.4) is 0 Å². The van der Waals surface area contributed by atoms with Crippen LogP contribution in [0, 0.1) is 5.41 Å². The summed E-state index contributed by atoms with van der Waals surface area (Å²) in [6.45, 7) is 6.49. The summed E-state index contributed by atoms with van der Waals surface area (Å²) in [6.07, 6.45) is 0. The fraction of sp³-hybridized carbons (Fsp3) is 0.900. The zero-order valence-corrected chi connectivity index (χ0v) is 9.98. The Hall–Kier alpha value is -0.610. The Morgan fingerprint density at radius 2 is 1.93 bits per heavy atom. The molecule has 0 aromatic heterocycles. The van der Waals surface area contributed by atoms with E-state index in [4.69, 9.17) is 0 Å². The van der Waals surface area contributed by atoms with Crippen molar-refractivity contribution in [2.24, 2.45) is 5.41 Å². The third kappa shape index (κ3) is 5.19. The molecule has 0 spiro atoms. The van der Waals surface area contributed by atoms with Crippen molar-refractivity contribution in [1.29, 1.82) is 0 Å². The largest absolute Gasteiger partial charge is 0.359 e. The SMILES string of the molecule is CNC(=O)C(C)(C)CNCCN(C)C. The van der Waals surface area contributed by atoms with Crippen LogP contribution >= 0.6 is 0 Å². The molecule has 0 atom stereocenters. The Labute approximate surface area is 87.0 Å². The molecule has 0 aromatic carbocycles. The highest BCUT2D eigenvalue weighted by atomic mass is 16.2. The lowest BCUT2D eigenvalue weighted by molar-refractivity contribution is -0.128. The molecular formula is C10H23N3O. The van der Waals surface area contributed by atoms with E-state index in [0.29, 0.717) is 6.54 Å². The van der Waals surface area contributed by atoms with E-state index >= 15 is 0 Å². The van der Waals surface area contributed by atoms with Gasteiger partial charge in [0.1, 0.15) is 0 Å². The van der Waals surface area contributed by atoms with Crippen LogP contribution in [0.2, 0.25) is 0 Å². The molecule has 1 amide bonds. The first-order valence-electron chi connectivity index (χ1n) is 4.98. The van der Waals surface area contributed by atoms with Crippen LogP contribution in [0.4, 0.5) is 0 Å². The van der Waals surface area contributed by atoms with E-state index in [-0.39, 0.29) is 11.3 Å². The van der Waals surface area contributed by atoms with Gasteiger partial charge in [-0.25, -0.2) is 0 Å². The maximum absolute atomic E-state index is 11.4. The molecular weight excluding hydrogens is 178 g/mol. The van der Waals surface area contributed by atoms with Gasteiger partial charge in [-0.2, -0.15) is 0 Å². The predicted octanol–water partition coefficient (Wildman–Crippen LogP) is -0.0902. The van der Waals surface area contributed by atoms with Gasteiger partial charge in [-0.1, -0.05) is 0 Å². The monoisotopic (exact) mass is 201 g/mol. The standard InChI is InChI=1S/C10H23N3O/c1-10(2,9(14)11-3)8-12-6-7-13(4)5/h12H,6-8H2,1-5H3,(H,11,14). The smallest absolute Gasteiger partial charge is 0.226 e. The Kier molecular flexibility index (Phi) is 5.72. The van der Waals surface area contributed by atoms with E-state index in [1.54, 1.807) is 7.05 Å². The number of hydrogen-bond acceptors (Lipinski definition) is 3. The summed E-state index contributed by atoms with van der Waals surface area (Å²) in [7, 11) is 5.74.